The molecule has 5 nitrogen and oxygen atoms in total. The number of aromatic nitrogens is 3. The summed E-state index contributed by atoms with van der Waals surface area (Å²) in [7, 11) is 0. The third-order valence-electron chi connectivity index (χ3n) is 2.02. The van der Waals surface area contributed by atoms with Crippen molar-refractivity contribution in [3.63, 3.8) is 0 Å². The Morgan fingerprint density at radius 3 is 3.00 bits per heavy atom. The molecule has 0 bridgehead atoms. The largest absolute Gasteiger partial charge is 0.480 e. The summed E-state index contributed by atoms with van der Waals surface area (Å²) in [6, 6.07) is 7.09. The van der Waals surface area contributed by atoms with Gasteiger partial charge in [-0.1, -0.05) is 28.9 Å². The summed E-state index contributed by atoms with van der Waals surface area (Å²) in [6.45, 7) is -0.220. The molecule has 0 aliphatic heterocycles. The zero-order valence-electron chi connectivity index (χ0n) is 8.17. The summed E-state index contributed by atoms with van der Waals surface area (Å²) in [6.07, 6.45) is 1.51. The molecular weight excluding hydrogens is 230 g/mol. The summed E-state index contributed by atoms with van der Waals surface area (Å²) < 4.78 is 1.31. The molecule has 82 valence electrons. The molecule has 2 rings (SSSR count). The van der Waals surface area contributed by atoms with Gasteiger partial charge in [0.15, 0.2) is 0 Å². The fourth-order valence-corrected chi connectivity index (χ4v) is 1.56. The van der Waals surface area contributed by atoms with Gasteiger partial charge in [0.2, 0.25) is 0 Å². The minimum atomic E-state index is -0.964. The zero-order chi connectivity index (χ0) is 11.5. The molecule has 1 heterocycles. The van der Waals surface area contributed by atoms with Crippen molar-refractivity contribution in [1.82, 2.24) is 15.0 Å². The molecule has 0 atom stereocenters. The molecule has 0 unspecified atom stereocenters. The molecule has 0 aliphatic rings. The molecule has 6 heteroatoms. The smallest absolute Gasteiger partial charge is 0.325 e. The molecular formula is C10H8ClN3O2. The highest BCUT2D eigenvalue weighted by Crippen LogP contribution is 2.21. The lowest BCUT2D eigenvalue weighted by Crippen LogP contribution is -2.11. The molecule has 2 aromatic rings. The van der Waals surface area contributed by atoms with E-state index in [1.54, 1.807) is 18.2 Å². The number of halogens is 1. The molecule has 0 aliphatic carbocycles. The van der Waals surface area contributed by atoms with Gasteiger partial charge in [-0.15, -0.1) is 5.10 Å². The van der Waals surface area contributed by atoms with E-state index < -0.39 is 5.97 Å². The fraction of sp³-hybridized carbons (Fsp3) is 0.100. The van der Waals surface area contributed by atoms with Crippen LogP contribution >= 0.6 is 11.6 Å². The van der Waals surface area contributed by atoms with Gasteiger partial charge >= 0.3 is 5.97 Å². The summed E-state index contributed by atoms with van der Waals surface area (Å²) in [4.78, 5) is 10.6. The average molecular weight is 238 g/mol. The van der Waals surface area contributed by atoms with Crippen molar-refractivity contribution in [1.29, 1.82) is 0 Å². The van der Waals surface area contributed by atoms with Crippen molar-refractivity contribution in [3.05, 3.63) is 35.5 Å². The Balaban J connectivity index is 2.40. The Hall–Kier alpha value is -1.88. The number of aliphatic carboxylic acids is 1. The number of benzene rings is 1. The normalized spacial score (nSPS) is 10.3. The van der Waals surface area contributed by atoms with E-state index in [1.807, 2.05) is 6.07 Å². The van der Waals surface area contributed by atoms with Gasteiger partial charge < -0.3 is 5.11 Å². The first kappa shape index (κ1) is 10.6. The Morgan fingerprint density at radius 1 is 1.50 bits per heavy atom. The van der Waals surface area contributed by atoms with Crippen LogP contribution in [-0.2, 0) is 11.3 Å². The van der Waals surface area contributed by atoms with Crippen LogP contribution in [-0.4, -0.2) is 26.1 Å². The maximum atomic E-state index is 10.6. The number of carboxylic acids is 1. The van der Waals surface area contributed by atoms with Gasteiger partial charge in [-0.25, -0.2) is 4.68 Å². The average Bonchev–Trinajstić information content (AvgIpc) is 2.65. The molecule has 0 saturated heterocycles. The van der Waals surface area contributed by atoms with Crippen molar-refractivity contribution in [2.45, 2.75) is 6.54 Å². The SMILES string of the molecule is O=C(O)Cn1nncc1-c1cccc(Cl)c1. The van der Waals surface area contributed by atoms with Crippen molar-refractivity contribution in [2.24, 2.45) is 0 Å². The first-order chi connectivity index (χ1) is 7.66. The number of carbonyl (C=O) groups is 1. The predicted molar refractivity (Wildman–Crippen MR) is 58.1 cm³/mol. The molecule has 0 fully saturated rings. The molecule has 0 radical (unpaired) electrons. The number of nitrogens with zero attached hydrogens (tertiary/aromatic N) is 3. The van der Waals surface area contributed by atoms with E-state index in [-0.39, 0.29) is 6.54 Å². The van der Waals surface area contributed by atoms with Crippen molar-refractivity contribution in [2.75, 3.05) is 0 Å². The summed E-state index contributed by atoms with van der Waals surface area (Å²) >= 11 is 5.85. The van der Waals surface area contributed by atoms with E-state index in [2.05, 4.69) is 10.3 Å². The Kier molecular flexibility index (Phi) is 2.87. The maximum absolute atomic E-state index is 10.6. The van der Waals surface area contributed by atoms with Crippen LogP contribution in [0.2, 0.25) is 5.02 Å². The van der Waals surface area contributed by atoms with E-state index in [1.165, 1.54) is 10.9 Å². The lowest BCUT2D eigenvalue weighted by atomic mass is 10.2. The quantitative estimate of drug-likeness (QED) is 0.882. The predicted octanol–water partition coefficient (Wildman–Crippen LogP) is 1.68. The minimum Gasteiger partial charge on any atom is -0.480 e. The van der Waals surface area contributed by atoms with Gasteiger partial charge in [0.25, 0.3) is 0 Å². The van der Waals surface area contributed by atoms with Crippen LogP contribution in [0, 0.1) is 0 Å². The first-order valence-electron chi connectivity index (χ1n) is 4.53. The van der Waals surface area contributed by atoms with Gasteiger partial charge in [-0.3, -0.25) is 4.79 Å². The van der Waals surface area contributed by atoms with Gasteiger partial charge in [0, 0.05) is 10.6 Å². The molecule has 0 saturated carbocycles. The van der Waals surface area contributed by atoms with Crippen LogP contribution in [0.25, 0.3) is 11.3 Å². The highest BCUT2D eigenvalue weighted by atomic mass is 35.5. The molecule has 0 amide bonds. The topological polar surface area (TPSA) is 68.0 Å². The summed E-state index contributed by atoms with van der Waals surface area (Å²) in [5, 5.41) is 16.7. The molecule has 1 aromatic carbocycles. The van der Waals surface area contributed by atoms with E-state index >= 15 is 0 Å². The van der Waals surface area contributed by atoms with Crippen LogP contribution in [0.4, 0.5) is 0 Å². The monoisotopic (exact) mass is 237 g/mol. The number of carboxylic acid groups (broad SMARTS) is 1. The van der Waals surface area contributed by atoms with Crippen molar-refractivity contribution >= 4 is 17.6 Å². The van der Waals surface area contributed by atoms with E-state index in [9.17, 15) is 4.79 Å². The molecule has 0 spiro atoms. The minimum absolute atomic E-state index is 0.220. The Labute approximate surface area is 96.3 Å². The van der Waals surface area contributed by atoms with Gasteiger partial charge in [-0.05, 0) is 12.1 Å². The van der Waals surface area contributed by atoms with Crippen LogP contribution in [0.5, 0.6) is 0 Å². The first-order valence-corrected chi connectivity index (χ1v) is 4.91. The molecule has 1 N–H and O–H groups in total. The highest BCUT2D eigenvalue weighted by Gasteiger charge is 2.09. The molecule has 16 heavy (non-hydrogen) atoms. The lowest BCUT2D eigenvalue weighted by Gasteiger charge is -2.03. The van der Waals surface area contributed by atoms with Crippen LogP contribution in [0.1, 0.15) is 0 Å². The summed E-state index contributed by atoms with van der Waals surface area (Å²) in [5.41, 5.74) is 1.42. The van der Waals surface area contributed by atoms with Crippen LogP contribution < -0.4 is 0 Å². The van der Waals surface area contributed by atoms with E-state index in [0.29, 0.717) is 10.7 Å². The van der Waals surface area contributed by atoms with Gasteiger partial charge in [0.05, 0.1) is 11.9 Å². The van der Waals surface area contributed by atoms with Gasteiger partial charge in [-0.2, -0.15) is 0 Å². The third-order valence-corrected chi connectivity index (χ3v) is 2.26. The lowest BCUT2D eigenvalue weighted by molar-refractivity contribution is -0.137. The second-order valence-electron chi connectivity index (χ2n) is 3.18. The van der Waals surface area contributed by atoms with Crippen molar-refractivity contribution < 1.29 is 9.90 Å². The number of hydrogen-bond donors (Lipinski definition) is 1. The third kappa shape index (κ3) is 2.20. The standard InChI is InChI=1S/C10H8ClN3O2/c11-8-3-1-2-7(4-8)9-5-12-13-14(9)6-10(15)16/h1-5H,6H2,(H,15,16). The van der Waals surface area contributed by atoms with Crippen molar-refractivity contribution in [3.8, 4) is 11.3 Å². The van der Waals surface area contributed by atoms with Crippen LogP contribution in [0.3, 0.4) is 0 Å². The Morgan fingerprint density at radius 2 is 2.31 bits per heavy atom. The summed E-state index contributed by atoms with van der Waals surface area (Å²) in [5.74, 6) is -0.964. The second kappa shape index (κ2) is 4.32. The van der Waals surface area contributed by atoms with Gasteiger partial charge in [0.1, 0.15) is 6.54 Å². The van der Waals surface area contributed by atoms with E-state index in [0.717, 1.165) is 5.56 Å². The maximum Gasteiger partial charge on any atom is 0.325 e. The van der Waals surface area contributed by atoms with Crippen LogP contribution in [0.15, 0.2) is 30.5 Å². The van der Waals surface area contributed by atoms with E-state index in [4.69, 9.17) is 16.7 Å². The number of rotatable bonds is 3. The second-order valence-corrected chi connectivity index (χ2v) is 3.62. The molecule has 1 aromatic heterocycles. The Bertz CT molecular complexity index is 524. The fourth-order valence-electron chi connectivity index (χ4n) is 1.37. The zero-order valence-corrected chi connectivity index (χ0v) is 8.92. The number of hydrogen-bond acceptors (Lipinski definition) is 3. The highest BCUT2D eigenvalue weighted by molar-refractivity contribution is 6.30.